The quantitative estimate of drug-likeness (QED) is 0.655. The van der Waals surface area contributed by atoms with Crippen LogP contribution in [-0.2, 0) is 6.42 Å². The summed E-state index contributed by atoms with van der Waals surface area (Å²) in [6, 6.07) is 0. The number of aromatic amines is 1. The van der Waals surface area contributed by atoms with E-state index < -0.39 is 0 Å². The molecule has 3 heteroatoms. The van der Waals surface area contributed by atoms with E-state index in [1.165, 1.54) is 18.5 Å². The van der Waals surface area contributed by atoms with Crippen molar-refractivity contribution in [2.45, 2.75) is 32.1 Å². The topological polar surface area (TPSA) is 28.9 Å². The summed E-state index contributed by atoms with van der Waals surface area (Å²) in [5, 5.41) is 0. The molecule has 11 heavy (non-hydrogen) atoms. The third-order valence-electron chi connectivity index (χ3n) is 2.37. The van der Waals surface area contributed by atoms with Gasteiger partial charge in [-0.15, -0.1) is 0 Å². The Labute approximate surface area is 70.6 Å². The molecule has 1 aromatic rings. The number of aromatic nitrogens is 1. The van der Waals surface area contributed by atoms with E-state index in [1.807, 2.05) is 0 Å². The summed E-state index contributed by atoms with van der Waals surface area (Å²) in [6.07, 6.45) is 3.45. The van der Waals surface area contributed by atoms with Crippen molar-refractivity contribution in [3.63, 3.8) is 0 Å². The molecule has 0 saturated heterocycles. The Bertz CT molecular complexity index is 312. The summed E-state index contributed by atoms with van der Waals surface area (Å²) in [5.41, 5.74) is 1.25. The highest BCUT2D eigenvalue weighted by Crippen LogP contribution is 2.34. The molecule has 1 aromatic heterocycles. The summed E-state index contributed by atoms with van der Waals surface area (Å²) in [7, 11) is 0. The summed E-state index contributed by atoms with van der Waals surface area (Å²) < 4.78 is 5.32. The molecule has 1 unspecified atom stereocenters. The molecule has 60 valence electrons. The first-order valence-electron chi connectivity index (χ1n) is 4.03. The lowest BCUT2D eigenvalue weighted by Crippen LogP contribution is -1.90. The minimum Gasteiger partial charge on any atom is -0.434 e. The largest absolute Gasteiger partial charge is 0.434 e. The van der Waals surface area contributed by atoms with Crippen molar-refractivity contribution in [2.24, 2.45) is 0 Å². The van der Waals surface area contributed by atoms with Gasteiger partial charge in [-0.1, -0.05) is 6.92 Å². The van der Waals surface area contributed by atoms with Gasteiger partial charge in [0, 0.05) is 12.3 Å². The van der Waals surface area contributed by atoms with E-state index >= 15 is 0 Å². The van der Waals surface area contributed by atoms with Crippen LogP contribution in [0, 0.1) is 4.84 Å². The maximum absolute atomic E-state index is 5.32. The van der Waals surface area contributed by atoms with Crippen LogP contribution in [0.3, 0.4) is 0 Å². The van der Waals surface area contributed by atoms with Crippen molar-refractivity contribution >= 4 is 12.2 Å². The predicted octanol–water partition coefficient (Wildman–Crippen LogP) is 2.78. The lowest BCUT2D eigenvalue weighted by atomic mass is 10.1. The van der Waals surface area contributed by atoms with E-state index in [4.69, 9.17) is 16.6 Å². The highest BCUT2D eigenvalue weighted by atomic mass is 32.1. The highest BCUT2D eigenvalue weighted by Gasteiger charge is 2.24. The second-order valence-corrected chi connectivity index (χ2v) is 3.37. The Balaban J connectivity index is 2.45. The van der Waals surface area contributed by atoms with Crippen molar-refractivity contribution in [2.75, 3.05) is 0 Å². The second-order valence-electron chi connectivity index (χ2n) is 3.00. The van der Waals surface area contributed by atoms with Crippen LogP contribution in [0.1, 0.15) is 37.1 Å². The van der Waals surface area contributed by atoms with Crippen molar-refractivity contribution in [3.05, 3.63) is 16.3 Å². The van der Waals surface area contributed by atoms with Gasteiger partial charge in [0.1, 0.15) is 5.76 Å². The van der Waals surface area contributed by atoms with Crippen LogP contribution >= 0.6 is 12.2 Å². The molecule has 1 aliphatic carbocycles. The van der Waals surface area contributed by atoms with Crippen LogP contribution in [0.5, 0.6) is 0 Å². The highest BCUT2D eigenvalue weighted by molar-refractivity contribution is 7.71. The number of nitrogens with one attached hydrogen (secondary N) is 1. The van der Waals surface area contributed by atoms with Crippen LogP contribution in [0.4, 0.5) is 0 Å². The molecule has 1 heterocycles. The van der Waals surface area contributed by atoms with E-state index in [9.17, 15) is 0 Å². The van der Waals surface area contributed by atoms with E-state index in [0.29, 0.717) is 10.8 Å². The molecule has 1 atom stereocenters. The molecule has 0 saturated carbocycles. The predicted molar refractivity (Wildman–Crippen MR) is 45.2 cm³/mol. The van der Waals surface area contributed by atoms with Crippen LogP contribution < -0.4 is 0 Å². The monoisotopic (exact) mass is 169 g/mol. The first kappa shape index (κ1) is 7.10. The molecule has 0 aromatic carbocycles. The van der Waals surface area contributed by atoms with Crippen molar-refractivity contribution in [1.82, 2.24) is 4.98 Å². The third-order valence-corrected chi connectivity index (χ3v) is 2.56. The van der Waals surface area contributed by atoms with Gasteiger partial charge in [-0.3, -0.25) is 0 Å². The van der Waals surface area contributed by atoms with Gasteiger partial charge in [0.05, 0.1) is 5.69 Å². The summed E-state index contributed by atoms with van der Waals surface area (Å²) in [5.74, 6) is 1.74. The lowest BCUT2D eigenvalue weighted by molar-refractivity contribution is 0.489. The summed E-state index contributed by atoms with van der Waals surface area (Å²) >= 11 is 4.90. The van der Waals surface area contributed by atoms with Gasteiger partial charge in [-0.05, 0) is 25.1 Å². The van der Waals surface area contributed by atoms with Crippen LogP contribution in [0.15, 0.2) is 4.42 Å². The van der Waals surface area contributed by atoms with Crippen LogP contribution in [0.2, 0.25) is 0 Å². The molecule has 0 amide bonds. The first-order valence-corrected chi connectivity index (χ1v) is 4.44. The Kier molecular flexibility index (Phi) is 1.60. The zero-order valence-electron chi connectivity index (χ0n) is 6.52. The second kappa shape index (κ2) is 2.48. The van der Waals surface area contributed by atoms with Gasteiger partial charge in [0.25, 0.3) is 4.84 Å². The third kappa shape index (κ3) is 1.03. The number of fused-ring (bicyclic) bond motifs is 1. The average molecular weight is 169 g/mol. The van der Waals surface area contributed by atoms with Crippen LogP contribution in [0.25, 0.3) is 0 Å². The fourth-order valence-electron chi connectivity index (χ4n) is 1.75. The molecule has 0 aliphatic heterocycles. The van der Waals surface area contributed by atoms with Crippen molar-refractivity contribution < 1.29 is 4.42 Å². The number of oxazole rings is 1. The Hall–Kier alpha value is -0.570. The zero-order chi connectivity index (χ0) is 7.84. The smallest absolute Gasteiger partial charge is 0.266 e. The maximum Gasteiger partial charge on any atom is 0.266 e. The summed E-state index contributed by atoms with van der Waals surface area (Å²) in [4.78, 5) is 3.64. The molecule has 0 bridgehead atoms. The van der Waals surface area contributed by atoms with Gasteiger partial charge >= 0.3 is 0 Å². The fraction of sp³-hybridized carbons (Fsp3) is 0.625. The van der Waals surface area contributed by atoms with Crippen LogP contribution in [-0.4, -0.2) is 4.98 Å². The Morgan fingerprint density at radius 3 is 3.27 bits per heavy atom. The molecule has 0 spiro atoms. The van der Waals surface area contributed by atoms with Crippen molar-refractivity contribution in [3.8, 4) is 0 Å². The fourth-order valence-corrected chi connectivity index (χ4v) is 1.96. The standard InChI is InChI=1S/C8H11NOS/c1-2-5-3-4-6-7(5)9-8(11)10-6/h5H,2-4H2,1H3,(H,9,11). The molecule has 2 nitrogen and oxygen atoms in total. The number of hydrogen-bond donors (Lipinski definition) is 1. The van der Waals surface area contributed by atoms with E-state index in [0.717, 1.165) is 12.2 Å². The summed E-state index contributed by atoms with van der Waals surface area (Å²) in [6.45, 7) is 2.20. The van der Waals surface area contributed by atoms with Gasteiger partial charge in [-0.2, -0.15) is 0 Å². The Morgan fingerprint density at radius 2 is 2.55 bits per heavy atom. The molecule has 2 rings (SSSR count). The van der Waals surface area contributed by atoms with Crippen molar-refractivity contribution in [1.29, 1.82) is 0 Å². The number of hydrogen-bond acceptors (Lipinski definition) is 2. The van der Waals surface area contributed by atoms with E-state index in [2.05, 4.69) is 11.9 Å². The Morgan fingerprint density at radius 1 is 1.73 bits per heavy atom. The van der Waals surface area contributed by atoms with Gasteiger partial charge in [-0.25, -0.2) is 0 Å². The molecular formula is C8H11NOS. The maximum atomic E-state index is 5.32. The van der Waals surface area contributed by atoms with Gasteiger partial charge in [0.15, 0.2) is 0 Å². The zero-order valence-corrected chi connectivity index (χ0v) is 7.33. The molecular weight excluding hydrogens is 158 g/mol. The molecule has 1 aliphatic rings. The molecule has 1 N–H and O–H groups in total. The first-order chi connectivity index (χ1) is 5.31. The number of H-pyrrole nitrogens is 1. The van der Waals surface area contributed by atoms with E-state index in [1.54, 1.807) is 0 Å². The number of rotatable bonds is 1. The minimum absolute atomic E-state index is 0.535. The van der Waals surface area contributed by atoms with E-state index in [-0.39, 0.29) is 0 Å². The SMILES string of the molecule is CCC1CCc2oc(=S)[nH]c21. The van der Waals surface area contributed by atoms with Gasteiger partial charge in [0.2, 0.25) is 0 Å². The minimum atomic E-state index is 0.535. The molecule has 0 radical (unpaired) electrons. The normalized spacial score (nSPS) is 22.1. The molecule has 0 fully saturated rings. The average Bonchev–Trinajstić information content (AvgIpc) is 2.45. The van der Waals surface area contributed by atoms with Gasteiger partial charge < -0.3 is 9.40 Å². The lowest BCUT2D eigenvalue weighted by Gasteiger charge is -2.02. The number of aryl methyl sites for hydroxylation is 1.